The zero-order valence-corrected chi connectivity index (χ0v) is 14.6. The van der Waals surface area contributed by atoms with Gasteiger partial charge in [-0.2, -0.15) is 0 Å². The van der Waals surface area contributed by atoms with Gasteiger partial charge in [0.1, 0.15) is 0 Å². The fourth-order valence-electron chi connectivity index (χ4n) is 3.52. The molecular formula is C19H25N3O3. The summed E-state index contributed by atoms with van der Waals surface area (Å²) >= 11 is 0. The zero-order chi connectivity index (χ0) is 17.8. The SMILES string of the molecule is CC1CCCCN(C(=O)Nc2ccc(CC3CC(=O)NC3=O)cc2)C1. The van der Waals surface area contributed by atoms with Gasteiger partial charge in [-0.15, -0.1) is 0 Å². The Hall–Kier alpha value is -2.37. The summed E-state index contributed by atoms with van der Waals surface area (Å²) in [6, 6.07) is 7.45. The van der Waals surface area contributed by atoms with Crippen LogP contribution in [0.3, 0.4) is 0 Å². The first-order valence-electron chi connectivity index (χ1n) is 9.00. The summed E-state index contributed by atoms with van der Waals surface area (Å²) in [5.41, 5.74) is 1.73. The van der Waals surface area contributed by atoms with E-state index in [9.17, 15) is 14.4 Å². The molecular weight excluding hydrogens is 318 g/mol. The molecule has 6 heteroatoms. The van der Waals surface area contributed by atoms with Crippen molar-refractivity contribution in [2.24, 2.45) is 11.8 Å². The summed E-state index contributed by atoms with van der Waals surface area (Å²) in [4.78, 5) is 37.2. The summed E-state index contributed by atoms with van der Waals surface area (Å²) in [6.07, 6.45) is 4.20. The minimum Gasteiger partial charge on any atom is -0.324 e. The Morgan fingerprint density at radius 1 is 1.24 bits per heavy atom. The van der Waals surface area contributed by atoms with Crippen LogP contribution in [-0.2, 0) is 16.0 Å². The molecule has 0 radical (unpaired) electrons. The molecule has 0 aliphatic carbocycles. The second kappa shape index (κ2) is 7.68. The van der Waals surface area contributed by atoms with E-state index < -0.39 is 0 Å². The number of nitrogens with one attached hydrogen (secondary N) is 2. The van der Waals surface area contributed by atoms with Crippen molar-refractivity contribution >= 4 is 23.5 Å². The van der Waals surface area contributed by atoms with Crippen molar-refractivity contribution in [3.05, 3.63) is 29.8 Å². The van der Waals surface area contributed by atoms with Crippen molar-refractivity contribution in [1.82, 2.24) is 10.2 Å². The summed E-state index contributed by atoms with van der Waals surface area (Å²) in [7, 11) is 0. The van der Waals surface area contributed by atoms with Gasteiger partial charge in [0.15, 0.2) is 0 Å². The van der Waals surface area contributed by atoms with Gasteiger partial charge in [0, 0.05) is 25.2 Å². The Kier molecular flexibility index (Phi) is 5.36. The van der Waals surface area contributed by atoms with Gasteiger partial charge >= 0.3 is 6.03 Å². The highest BCUT2D eigenvalue weighted by atomic mass is 16.2. The third-order valence-corrected chi connectivity index (χ3v) is 4.95. The molecule has 2 N–H and O–H groups in total. The molecule has 0 saturated carbocycles. The van der Waals surface area contributed by atoms with Crippen LogP contribution in [0.2, 0.25) is 0 Å². The summed E-state index contributed by atoms with van der Waals surface area (Å²) in [6.45, 7) is 3.79. The number of hydrogen-bond acceptors (Lipinski definition) is 3. The van der Waals surface area contributed by atoms with Gasteiger partial charge in [-0.05, 0) is 42.9 Å². The highest BCUT2D eigenvalue weighted by Crippen LogP contribution is 2.20. The number of nitrogens with zero attached hydrogens (tertiary/aromatic N) is 1. The van der Waals surface area contributed by atoms with E-state index >= 15 is 0 Å². The predicted octanol–water partition coefficient (Wildman–Crippen LogP) is 2.55. The van der Waals surface area contributed by atoms with Crippen LogP contribution in [-0.4, -0.2) is 35.8 Å². The van der Waals surface area contributed by atoms with Gasteiger partial charge in [0.2, 0.25) is 11.8 Å². The number of amides is 4. The molecule has 2 saturated heterocycles. The van der Waals surface area contributed by atoms with E-state index in [-0.39, 0.29) is 30.2 Å². The molecule has 134 valence electrons. The van der Waals surface area contributed by atoms with Crippen LogP contribution in [0.1, 0.15) is 38.2 Å². The molecule has 2 fully saturated rings. The van der Waals surface area contributed by atoms with Crippen molar-refractivity contribution in [2.75, 3.05) is 18.4 Å². The van der Waals surface area contributed by atoms with E-state index in [0.717, 1.165) is 30.8 Å². The summed E-state index contributed by atoms with van der Waals surface area (Å²) < 4.78 is 0. The summed E-state index contributed by atoms with van der Waals surface area (Å²) in [5, 5.41) is 5.28. The smallest absolute Gasteiger partial charge is 0.321 e. The average molecular weight is 343 g/mol. The second-order valence-electron chi connectivity index (χ2n) is 7.19. The van der Waals surface area contributed by atoms with Crippen LogP contribution in [0.4, 0.5) is 10.5 Å². The van der Waals surface area contributed by atoms with Crippen LogP contribution in [0, 0.1) is 11.8 Å². The van der Waals surface area contributed by atoms with E-state index in [1.54, 1.807) is 0 Å². The maximum atomic E-state index is 12.4. The highest BCUT2D eigenvalue weighted by molar-refractivity contribution is 6.03. The normalized spacial score (nSPS) is 24.0. The minimum atomic E-state index is -0.286. The molecule has 0 bridgehead atoms. The Balaban J connectivity index is 1.56. The largest absolute Gasteiger partial charge is 0.324 e. The van der Waals surface area contributed by atoms with Crippen LogP contribution < -0.4 is 10.6 Å². The minimum absolute atomic E-state index is 0.0535. The second-order valence-corrected chi connectivity index (χ2v) is 7.19. The van der Waals surface area contributed by atoms with E-state index in [1.165, 1.54) is 12.8 Å². The number of hydrogen-bond donors (Lipinski definition) is 2. The molecule has 1 aromatic rings. The third kappa shape index (κ3) is 4.59. The van der Waals surface area contributed by atoms with Gasteiger partial charge in [-0.3, -0.25) is 14.9 Å². The average Bonchev–Trinajstić information content (AvgIpc) is 2.76. The standard InChI is InChI=1S/C19H25N3O3/c1-13-4-2-3-9-22(12-13)19(25)20-16-7-5-14(6-8-16)10-15-11-17(23)21-18(15)24/h5-8,13,15H,2-4,9-12H2,1H3,(H,20,25)(H,21,23,24). The summed E-state index contributed by atoms with van der Waals surface area (Å²) in [5.74, 6) is -0.148. The van der Waals surface area contributed by atoms with Gasteiger partial charge in [0.05, 0.1) is 5.92 Å². The fraction of sp³-hybridized carbons (Fsp3) is 0.526. The van der Waals surface area contributed by atoms with Gasteiger partial charge in [-0.25, -0.2) is 4.79 Å². The van der Waals surface area contributed by atoms with Crippen molar-refractivity contribution in [2.45, 2.75) is 39.0 Å². The monoisotopic (exact) mass is 343 g/mol. The Morgan fingerprint density at radius 3 is 2.68 bits per heavy atom. The molecule has 3 rings (SSSR count). The maximum absolute atomic E-state index is 12.4. The zero-order valence-electron chi connectivity index (χ0n) is 14.6. The van der Waals surface area contributed by atoms with Crippen molar-refractivity contribution in [3.8, 4) is 0 Å². The van der Waals surface area contributed by atoms with Crippen molar-refractivity contribution in [1.29, 1.82) is 0 Å². The van der Waals surface area contributed by atoms with Gasteiger partial charge in [0.25, 0.3) is 0 Å². The van der Waals surface area contributed by atoms with E-state index in [1.807, 2.05) is 29.2 Å². The quantitative estimate of drug-likeness (QED) is 0.828. The Labute approximate surface area is 148 Å². The molecule has 0 spiro atoms. The van der Waals surface area contributed by atoms with E-state index in [0.29, 0.717) is 12.3 Å². The van der Waals surface area contributed by atoms with Crippen LogP contribution in [0.5, 0.6) is 0 Å². The lowest BCUT2D eigenvalue weighted by atomic mass is 9.98. The van der Waals surface area contributed by atoms with E-state index in [2.05, 4.69) is 17.6 Å². The van der Waals surface area contributed by atoms with Gasteiger partial charge in [-0.1, -0.05) is 25.5 Å². The first-order valence-corrected chi connectivity index (χ1v) is 9.00. The number of likely N-dealkylation sites (tertiary alicyclic amines) is 1. The topological polar surface area (TPSA) is 78.5 Å². The molecule has 2 aliphatic heterocycles. The number of carbonyl (C=O) groups is 3. The highest BCUT2D eigenvalue weighted by Gasteiger charge is 2.30. The van der Waals surface area contributed by atoms with Crippen molar-refractivity contribution < 1.29 is 14.4 Å². The number of imide groups is 1. The van der Waals surface area contributed by atoms with Crippen LogP contribution in [0.25, 0.3) is 0 Å². The Morgan fingerprint density at radius 2 is 2.00 bits per heavy atom. The molecule has 2 unspecified atom stereocenters. The molecule has 0 aromatic heterocycles. The maximum Gasteiger partial charge on any atom is 0.321 e. The molecule has 2 aliphatic rings. The fourth-order valence-corrected chi connectivity index (χ4v) is 3.52. The van der Waals surface area contributed by atoms with Gasteiger partial charge < -0.3 is 10.2 Å². The first kappa shape index (κ1) is 17.5. The number of urea groups is 1. The number of rotatable bonds is 3. The lowest BCUT2D eigenvalue weighted by Crippen LogP contribution is -2.37. The number of carbonyl (C=O) groups excluding carboxylic acids is 3. The number of benzene rings is 1. The van der Waals surface area contributed by atoms with Crippen LogP contribution >= 0.6 is 0 Å². The molecule has 1 aromatic carbocycles. The molecule has 2 atom stereocenters. The lowest BCUT2D eigenvalue weighted by Gasteiger charge is -2.23. The number of anilines is 1. The lowest BCUT2D eigenvalue weighted by molar-refractivity contribution is -0.125. The van der Waals surface area contributed by atoms with Crippen LogP contribution in [0.15, 0.2) is 24.3 Å². The molecule has 6 nitrogen and oxygen atoms in total. The third-order valence-electron chi connectivity index (χ3n) is 4.95. The first-order chi connectivity index (χ1) is 12.0. The molecule has 4 amide bonds. The Bertz CT molecular complexity index is 656. The van der Waals surface area contributed by atoms with Crippen molar-refractivity contribution in [3.63, 3.8) is 0 Å². The molecule has 2 heterocycles. The van der Waals surface area contributed by atoms with E-state index in [4.69, 9.17) is 0 Å². The predicted molar refractivity (Wildman–Crippen MR) is 95.0 cm³/mol. The molecule has 25 heavy (non-hydrogen) atoms.